The van der Waals surface area contributed by atoms with Crippen LogP contribution in [0.4, 0.5) is 5.69 Å². The predicted molar refractivity (Wildman–Crippen MR) is 81.7 cm³/mol. The highest BCUT2D eigenvalue weighted by Crippen LogP contribution is 2.28. The van der Waals surface area contributed by atoms with Gasteiger partial charge in [-0.3, -0.25) is 19.8 Å². The van der Waals surface area contributed by atoms with Gasteiger partial charge >= 0.3 is 0 Å². The summed E-state index contributed by atoms with van der Waals surface area (Å²) in [7, 11) is 3.46. The molecule has 8 heteroatoms. The number of carbonyl (C=O) groups is 1. The van der Waals surface area contributed by atoms with Crippen molar-refractivity contribution in [1.29, 1.82) is 0 Å². The van der Waals surface area contributed by atoms with Gasteiger partial charge in [-0.15, -0.1) is 0 Å². The number of amides is 1. The van der Waals surface area contributed by atoms with Gasteiger partial charge in [0.25, 0.3) is 11.6 Å². The van der Waals surface area contributed by atoms with E-state index in [1.807, 2.05) is 7.05 Å². The van der Waals surface area contributed by atoms with Gasteiger partial charge in [0.2, 0.25) is 0 Å². The number of nitro groups is 1. The molecule has 0 aliphatic carbocycles. The minimum atomic E-state index is -0.517. The van der Waals surface area contributed by atoms with Crippen LogP contribution in [0.25, 0.3) is 0 Å². The second-order valence-corrected chi connectivity index (χ2v) is 5.81. The third-order valence-corrected chi connectivity index (χ3v) is 4.49. The summed E-state index contributed by atoms with van der Waals surface area (Å²) in [4.78, 5) is 27.1. The number of ether oxygens (including phenoxy) is 2. The smallest absolute Gasteiger partial charge is 0.270 e. The molecular weight excluding hydrogens is 302 g/mol. The number of hydrogen-bond donors (Lipinski definition) is 0. The SMILES string of the molecule is COc1ccc([N+](=O)[O-])cc1C(=O)N1C[C@@H]2OCCN(C)[C@H]2C1. The van der Waals surface area contributed by atoms with Gasteiger partial charge in [-0.1, -0.05) is 0 Å². The van der Waals surface area contributed by atoms with Crippen LogP contribution in [-0.4, -0.2) is 73.2 Å². The van der Waals surface area contributed by atoms with E-state index in [0.29, 0.717) is 25.4 Å². The molecule has 2 fully saturated rings. The van der Waals surface area contributed by atoms with E-state index in [-0.39, 0.29) is 29.3 Å². The number of nitro benzene ring substituents is 1. The quantitative estimate of drug-likeness (QED) is 0.603. The van der Waals surface area contributed by atoms with Crippen molar-refractivity contribution in [3.63, 3.8) is 0 Å². The Kier molecular flexibility index (Phi) is 4.18. The number of carbonyl (C=O) groups excluding carboxylic acids is 1. The number of likely N-dealkylation sites (tertiary alicyclic amines) is 1. The summed E-state index contributed by atoms with van der Waals surface area (Å²) in [6.45, 7) is 2.52. The van der Waals surface area contributed by atoms with Crippen LogP contribution in [0.3, 0.4) is 0 Å². The molecule has 1 amide bonds. The molecule has 0 spiro atoms. The molecule has 23 heavy (non-hydrogen) atoms. The second-order valence-electron chi connectivity index (χ2n) is 5.81. The Bertz CT molecular complexity index is 636. The lowest BCUT2D eigenvalue weighted by atomic mass is 10.1. The lowest BCUT2D eigenvalue weighted by Gasteiger charge is -2.33. The molecule has 1 aromatic carbocycles. The van der Waals surface area contributed by atoms with Crippen molar-refractivity contribution in [2.45, 2.75) is 12.1 Å². The van der Waals surface area contributed by atoms with Crippen molar-refractivity contribution < 1.29 is 19.2 Å². The van der Waals surface area contributed by atoms with Crippen LogP contribution in [0, 0.1) is 10.1 Å². The summed E-state index contributed by atoms with van der Waals surface area (Å²) in [5.41, 5.74) is 0.0853. The first kappa shape index (κ1) is 15.7. The van der Waals surface area contributed by atoms with Gasteiger partial charge in [-0.05, 0) is 13.1 Å². The van der Waals surface area contributed by atoms with Crippen LogP contribution in [0.5, 0.6) is 5.75 Å². The zero-order valence-electron chi connectivity index (χ0n) is 13.1. The Labute approximate surface area is 133 Å². The van der Waals surface area contributed by atoms with Crippen molar-refractivity contribution in [2.24, 2.45) is 0 Å². The number of benzene rings is 1. The first-order valence-corrected chi connectivity index (χ1v) is 7.45. The van der Waals surface area contributed by atoms with Crippen LogP contribution in [0.15, 0.2) is 18.2 Å². The molecule has 8 nitrogen and oxygen atoms in total. The molecule has 124 valence electrons. The van der Waals surface area contributed by atoms with Gasteiger partial charge in [-0.2, -0.15) is 0 Å². The topological polar surface area (TPSA) is 85.1 Å². The molecule has 2 aliphatic rings. The number of hydrogen-bond acceptors (Lipinski definition) is 6. The van der Waals surface area contributed by atoms with E-state index in [4.69, 9.17) is 9.47 Å². The van der Waals surface area contributed by atoms with Crippen LogP contribution >= 0.6 is 0 Å². The molecule has 3 rings (SSSR count). The maximum absolute atomic E-state index is 12.8. The summed E-state index contributed by atoms with van der Waals surface area (Å²) in [6.07, 6.45) is -0.0117. The number of rotatable bonds is 3. The van der Waals surface area contributed by atoms with E-state index < -0.39 is 4.92 Å². The Morgan fingerprint density at radius 3 is 2.87 bits per heavy atom. The summed E-state index contributed by atoms with van der Waals surface area (Å²) in [5.74, 6) is 0.0710. The maximum atomic E-state index is 12.8. The first-order chi connectivity index (χ1) is 11.0. The molecule has 0 aromatic heterocycles. The van der Waals surface area contributed by atoms with Gasteiger partial charge in [0.15, 0.2) is 0 Å². The average molecular weight is 321 g/mol. The van der Waals surface area contributed by atoms with Gasteiger partial charge in [-0.25, -0.2) is 0 Å². The summed E-state index contributed by atoms with van der Waals surface area (Å²) >= 11 is 0. The van der Waals surface area contributed by atoms with E-state index in [0.717, 1.165) is 6.54 Å². The Morgan fingerprint density at radius 1 is 1.43 bits per heavy atom. The fraction of sp³-hybridized carbons (Fsp3) is 0.533. The summed E-state index contributed by atoms with van der Waals surface area (Å²) in [5, 5.41) is 11.0. The molecule has 2 aliphatic heterocycles. The highest BCUT2D eigenvalue weighted by atomic mass is 16.6. The third kappa shape index (κ3) is 2.87. The standard InChI is InChI=1S/C15H19N3O5/c1-16-5-6-23-14-9-17(8-12(14)16)15(19)11-7-10(18(20)21)3-4-13(11)22-2/h3-4,7,12,14H,5-6,8-9H2,1-2H3/t12-,14-/m0/s1. The minimum absolute atomic E-state index is 0.0117. The monoisotopic (exact) mass is 321 g/mol. The third-order valence-electron chi connectivity index (χ3n) is 4.49. The predicted octanol–water partition coefficient (Wildman–Crippen LogP) is 0.758. The summed E-state index contributed by atoms with van der Waals surface area (Å²) < 4.78 is 10.9. The average Bonchev–Trinajstić information content (AvgIpc) is 2.99. The maximum Gasteiger partial charge on any atom is 0.270 e. The number of nitrogens with zero attached hydrogens (tertiary/aromatic N) is 3. The molecule has 2 heterocycles. The van der Waals surface area contributed by atoms with Crippen molar-refractivity contribution in [3.05, 3.63) is 33.9 Å². The number of methoxy groups -OCH3 is 1. The van der Waals surface area contributed by atoms with Crippen LogP contribution in [0.1, 0.15) is 10.4 Å². The molecule has 1 aromatic rings. The molecule has 2 atom stereocenters. The highest BCUT2D eigenvalue weighted by Gasteiger charge is 2.41. The van der Waals surface area contributed by atoms with Crippen molar-refractivity contribution in [1.82, 2.24) is 9.80 Å². The Hall–Kier alpha value is -2.19. The number of likely N-dealkylation sites (N-methyl/N-ethyl adjacent to an activating group) is 1. The lowest BCUT2D eigenvalue weighted by molar-refractivity contribution is -0.384. The molecule has 2 saturated heterocycles. The van der Waals surface area contributed by atoms with Crippen LogP contribution < -0.4 is 4.74 Å². The number of morpholine rings is 1. The Morgan fingerprint density at radius 2 is 2.22 bits per heavy atom. The first-order valence-electron chi connectivity index (χ1n) is 7.45. The molecule has 0 bridgehead atoms. The van der Waals surface area contributed by atoms with E-state index in [1.165, 1.54) is 25.3 Å². The largest absolute Gasteiger partial charge is 0.496 e. The Balaban J connectivity index is 1.85. The molecular formula is C15H19N3O5. The van der Waals surface area contributed by atoms with Crippen molar-refractivity contribution in [2.75, 3.05) is 40.4 Å². The van der Waals surface area contributed by atoms with E-state index in [1.54, 1.807) is 4.90 Å². The van der Waals surface area contributed by atoms with Crippen molar-refractivity contribution in [3.8, 4) is 5.75 Å². The van der Waals surface area contributed by atoms with Gasteiger partial charge in [0, 0.05) is 31.8 Å². The second kappa shape index (κ2) is 6.13. The van der Waals surface area contributed by atoms with E-state index in [9.17, 15) is 14.9 Å². The number of non-ortho nitro benzene ring substituents is 1. The molecule has 0 radical (unpaired) electrons. The fourth-order valence-electron chi connectivity index (χ4n) is 3.17. The number of fused-ring (bicyclic) bond motifs is 1. The summed E-state index contributed by atoms with van der Waals surface area (Å²) in [6, 6.07) is 4.22. The van der Waals surface area contributed by atoms with Crippen molar-refractivity contribution >= 4 is 11.6 Å². The molecule has 0 saturated carbocycles. The van der Waals surface area contributed by atoms with E-state index in [2.05, 4.69) is 4.90 Å². The van der Waals surface area contributed by atoms with Gasteiger partial charge in [0.1, 0.15) is 5.75 Å². The molecule has 0 N–H and O–H groups in total. The van der Waals surface area contributed by atoms with Gasteiger partial charge in [0.05, 0.1) is 36.3 Å². The van der Waals surface area contributed by atoms with E-state index >= 15 is 0 Å². The molecule has 0 unspecified atom stereocenters. The van der Waals surface area contributed by atoms with Crippen LogP contribution in [-0.2, 0) is 4.74 Å². The normalized spacial score (nSPS) is 24.3. The zero-order chi connectivity index (χ0) is 16.6. The highest BCUT2D eigenvalue weighted by molar-refractivity contribution is 5.97. The minimum Gasteiger partial charge on any atom is -0.496 e. The zero-order valence-corrected chi connectivity index (χ0v) is 13.1. The van der Waals surface area contributed by atoms with Gasteiger partial charge < -0.3 is 14.4 Å². The fourth-order valence-corrected chi connectivity index (χ4v) is 3.17. The van der Waals surface area contributed by atoms with Crippen LogP contribution in [0.2, 0.25) is 0 Å². The lowest BCUT2D eigenvalue weighted by Crippen LogP contribution is -2.48.